The van der Waals surface area contributed by atoms with Gasteiger partial charge in [-0.05, 0) is 55.8 Å². The summed E-state index contributed by atoms with van der Waals surface area (Å²) in [6, 6.07) is 16.8. The molecule has 32 heavy (non-hydrogen) atoms. The number of benzene rings is 3. The molecule has 0 spiro atoms. The number of carboxylic acids is 1. The molecule has 0 aliphatic rings. The third-order valence-electron chi connectivity index (χ3n) is 4.77. The quantitative estimate of drug-likeness (QED) is 0.527. The summed E-state index contributed by atoms with van der Waals surface area (Å²) >= 11 is 6.21. The number of carboxylic acid groups (broad SMARTS) is 1. The van der Waals surface area contributed by atoms with Crippen molar-refractivity contribution in [3.8, 4) is 0 Å². The lowest BCUT2D eigenvalue weighted by Crippen LogP contribution is -2.38. The molecule has 3 rings (SSSR count). The average molecular weight is 473 g/mol. The van der Waals surface area contributed by atoms with Gasteiger partial charge in [0.2, 0.25) is 5.91 Å². The van der Waals surface area contributed by atoms with E-state index in [-0.39, 0.29) is 21.8 Å². The van der Waals surface area contributed by atoms with Gasteiger partial charge >= 0.3 is 5.97 Å². The average Bonchev–Trinajstić information content (AvgIpc) is 2.74. The largest absolute Gasteiger partial charge is 0.478 e. The maximum Gasteiger partial charge on any atom is 0.337 e. The van der Waals surface area contributed by atoms with Crippen LogP contribution in [-0.2, 0) is 14.8 Å². The van der Waals surface area contributed by atoms with Crippen molar-refractivity contribution in [1.29, 1.82) is 0 Å². The number of sulfonamides is 1. The second-order valence-electron chi connectivity index (χ2n) is 7.16. The lowest BCUT2D eigenvalue weighted by atomic mass is 10.2. The van der Waals surface area contributed by atoms with Crippen LogP contribution in [0, 0.1) is 13.8 Å². The number of hydrogen-bond donors (Lipinski definition) is 2. The summed E-state index contributed by atoms with van der Waals surface area (Å²) in [5.74, 6) is -1.92. The zero-order valence-corrected chi connectivity index (χ0v) is 18.9. The summed E-state index contributed by atoms with van der Waals surface area (Å²) in [7, 11) is -4.12. The van der Waals surface area contributed by atoms with Crippen molar-refractivity contribution in [1.82, 2.24) is 0 Å². The molecule has 0 fully saturated rings. The van der Waals surface area contributed by atoms with E-state index in [2.05, 4.69) is 5.32 Å². The molecule has 0 aliphatic carbocycles. The zero-order chi connectivity index (χ0) is 23.5. The van der Waals surface area contributed by atoms with Crippen LogP contribution in [0.3, 0.4) is 0 Å². The highest BCUT2D eigenvalue weighted by Crippen LogP contribution is 2.28. The molecule has 1 amide bonds. The molecule has 0 bridgehead atoms. The highest BCUT2D eigenvalue weighted by atomic mass is 35.5. The molecular weight excluding hydrogens is 452 g/mol. The number of para-hydroxylation sites is 1. The van der Waals surface area contributed by atoms with Crippen molar-refractivity contribution in [2.45, 2.75) is 18.7 Å². The second kappa shape index (κ2) is 9.42. The van der Waals surface area contributed by atoms with Crippen LogP contribution in [0.15, 0.2) is 71.6 Å². The van der Waals surface area contributed by atoms with Gasteiger partial charge in [-0.25, -0.2) is 13.2 Å². The number of amides is 1. The third kappa shape index (κ3) is 5.09. The molecule has 0 atom stereocenters. The maximum atomic E-state index is 13.4. The van der Waals surface area contributed by atoms with Gasteiger partial charge in [-0.1, -0.05) is 47.5 Å². The van der Waals surface area contributed by atoms with E-state index >= 15 is 0 Å². The van der Waals surface area contributed by atoms with E-state index in [4.69, 9.17) is 11.6 Å². The SMILES string of the molecule is Cc1ccc(S(=O)(=O)N(CC(=O)Nc2ccccc2C(=O)O)c2ccc(C)c(Cl)c2)cc1. The Hall–Kier alpha value is -3.36. The highest BCUT2D eigenvalue weighted by Gasteiger charge is 2.28. The molecule has 0 heterocycles. The number of rotatable bonds is 7. The zero-order valence-electron chi connectivity index (χ0n) is 17.4. The van der Waals surface area contributed by atoms with E-state index in [1.165, 1.54) is 36.4 Å². The van der Waals surface area contributed by atoms with Crippen molar-refractivity contribution in [3.05, 3.63) is 88.4 Å². The summed E-state index contributed by atoms with van der Waals surface area (Å²) in [5, 5.41) is 12.2. The van der Waals surface area contributed by atoms with Gasteiger partial charge in [0.25, 0.3) is 10.0 Å². The van der Waals surface area contributed by atoms with E-state index in [0.717, 1.165) is 15.4 Å². The van der Waals surface area contributed by atoms with Crippen LogP contribution in [0.25, 0.3) is 0 Å². The Morgan fingerprint density at radius 1 is 1.00 bits per heavy atom. The number of nitrogens with zero attached hydrogens (tertiary/aromatic N) is 1. The number of carbonyl (C=O) groups is 2. The van der Waals surface area contributed by atoms with E-state index < -0.39 is 28.4 Å². The van der Waals surface area contributed by atoms with Gasteiger partial charge in [-0.2, -0.15) is 0 Å². The molecule has 7 nitrogen and oxygen atoms in total. The molecule has 0 saturated carbocycles. The van der Waals surface area contributed by atoms with E-state index in [1.54, 1.807) is 37.3 Å². The molecule has 0 saturated heterocycles. The van der Waals surface area contributed by atoms with Crippen LogP contribution in [0.1, 0.15) is 21.5 Å². The van der Waals surface area contributed by atoms with Gasteiger partial charge in [-0.15, -0.1) is 0 Å². The summed E-state index contributed by atoms with van der Waals surface area (Å²) < 4.78 is 27.8. The predicted octanol–water partition coefficient (Wildman–Crippen LogP) is 4.49. The van der Waals surface area contributed by atoms with Crippen LogP contribution >= 0.6 is 11.6 Å². The van der Waals surface area contributed by atoms with Crippen LogP contribution in [0.2, 0.25) is 5.02 Å². The van der Waals surface area contributed by atoms with Crippen molar-refractivity contribution >= 4 is 44.9 Å². The van der Waals surface area contributed by atoms with Gasteiger partial charge in [0.1, 0.15) is 6.54 Å². The minimum atomic E-state index is -4.12. The molecule has 0 aliphatic heterocycles. The Labute approximate surface area is 191 Å². The number of aryl methyl sites for hydroxylation is 2. The fourth-order valence-corrected chi connectivity index (χ4v) is 4.58. The number of halogens is 1. The first-order chi connectivity index (χ1) is 15.1. The smallest absolute Gasteiger partial charge is 0.337 e. The summed E-state index contributed by atoms with van der Waals surface area (Å²) in [5.41, 5.74) is 1.81. The molecule has 3 aromatic carbocycles. The molecule has 0 unspecified atom stereocenters. The predicted molar refractivity (Wildman–Crippen MR) is 124 cm³/mol. The van der Waals surface area contributed by atoms with Crippen molar-refractivity contribution in [2.75, 3.05) is 16.2 Å². The van der Waals surface area contributed by atoms with E-state index in [1.807, 2.05) is 6.92 Å². The summed E-state index contributed by atoms with van der Waals surface area (Å²) in [6.07, 6.45) is 0. The van der Waals surface area contributed by atoms with Crippen molar-refractivity contribution in [3.63, 3.8) is 0 Å². The monoisotopic (exact) mass is 472 g/mol. The maximum absolute atomic E-state index is 13.4. The minimum Gasteiger partial charge on any atom is -0.478 e. The van der Waals surface area contributed by atoms with E-state index in [0.29, 0.717) is 5.02 Å². The lowest BCUT2D eigenvalue weighted by molar-refractivity contribution is -0.114. The van der Waals surface area contributed by atoms with Gasteiger partial charge in [-0.3, -0.25) is 9.10 Å². The van der Waals surface area contributed by atoms with Gasteiger partial charge < -0.3 is 10.4 Å². The minimum absolute atomic E-state index is 0.0125. The number of carbonyl (C=O) groups excluding carboxylic acids is 1. The van der Waals surface area contributed by atoms with E-state index in [9.17, 15) is 23.1 Å². The lowest BCUT2D eigenvalue weighted by Gasteiger charge is -2.25. The first kappa shape index (κ1) is 23.3. The van der Waals surface area contributed by atoms with Gasteiger partial charge in [0.05, 0.1) is 21.8 Å². The standard InChI is InChI=1S/C23H21ClN2O5S/c1-15-7-11-18(12-8-15)32(30,31)26(17-10-9-16(2)20(24)13-17)14-22(27)25-21-6-4-3-5-19(21)23(28)29/h3-13H,14H2,1-2H3,(H,25,27)(H,28,29). The fourth-order valence-electron chi connectivity index (χ4n) is 2.99. The number of nitrogens with one attached hydrogen (secondary N) is 1. The molecule has 3 aromatic rings. The number of aromatic carboxylic acids is 1. The Morgan fingerprint density at radius 2 is 1.66 bits per heavy atom. The third-order valence-corrected chi connectivity index (χ3v) is 6.97. The molecule has 166 valence electrons. The number of anilines is 2. The van der Waals surface area contributed by atoms with Crippen LogP contribution < -0.4 is 9.62 Å². The van der Waals surface area contributed by atoms with Gasteiger partial charge in [0, 0.05) is 5.02 Å². The molecule has 0 aromatic heterocycles. The molecule has 0 radical (unpaired) electrons. The Kier molecular flexibility index (Phi) is 6.86. The Bertz CT molecular complexity index is 1270. The van der Waals surface area contributed by atoms with Crippen LogP contribution in [0.5, 0.6) is 0 Å². The topological polar surface area (TPSA) is 104 Å². The van der Waals surface area contributed by atoms with Crippen molar-refractivity contribution < 1.29 is 23.1 Å². The Morgan fingerprint density at radius 3 is 2.28 bits per heavy atom. The first-order valence-electron chi connectivity index (χ1n) is 9.57. The first-order valence-corrected chi connectivity index (χ1v) is 11.4. The number of hydrogen-bond acceptors (Lipinski definition) is 4. The molecule has 9 heteroatoms. The normalized spacial score (nSPS) is 11.1. The highest BCUT2D eigenvalue weighted by molar-refractivity contribution is 7.92. The fraction of sp³-hybridized carbons (Fsp3) is 0.130. The molecular formula is C23H21ClN2O5S. The van der Waals surface area contributed by atoms with Crippen LogP contribution in [-0.4, -0.2) is 31.9 Å². The van der Waals surface area contributed by atoms with Crippen LogP contribution in [0.4, 0.5) is 11.4 Å². The van der Waals surface area contributed by atoms with Gasteiger partial charge in [0.15, 0.2) is 0 Å². The molecule has 2 N–H and O–H groups in total. The second-order valence-corrected chi connectivity index (χ2v) is 9.43. The summed E-state index contributed by atoms with van der Waals surface area (Å²) in [4.78, 5) is 24.2. The summed E-state index contributed by atoms with van der Waals surface area (Å²) in [6.45, 7) is 3.03. The Balaban J connectivity index is 1.99. The van der Waals surface area contributed by atoms with Crippen molar-refractivity contribution in [2.24, 2.45) is 0 Å².